The Bertz CT molecular complexity index is 594. The minimum atomic E-state index is -0.536. The second-order valence-electron chi connectivity index (χ2n) is 4.01. The summed E-state index contributed by atoms with van der Waals surface area (Å²) in [5.74, 6) is -0.181. The first-order valence-corrected chi connectivity index (χ1v) is 6.00. The highest BCUT2D eigenvalue weighted by Crippen LogP contribution is 2.14. The Labute approximate surface area is 116 Å². The molecule has 0 bridgehead atoms. The highest BCUT2D eigenvalue weighted by atomic mass is 16.5. The predicted octanol–water partition coefficient (Wildman–Crippen LogP) is 3.12. The number of nitrogens with one attached hydrogen (secondary N) is 2. The van der Waals surface area contributed by atoms with Crippen molar-refractivity contribution < 1.29 is 14.3 Å². The number of anilines is 2. The van der Waals surface area contributed by atoms with Crippen molar-refractivity contribution in [3.05, 3.63) is 60.2 Å². The minimum absolute atomic E-state index is 0.181. The normalized spacial score (nSPS) is 9.65. The third-order valence-electron chi connectivity index (χ3n) is 2.61. The predicted molar refractivity (Wildman–Crippen MR) is 76.9 cm³/mol. The van der Waals surface area contributed by atoms with Crippen LogP contribution in [-0.4, -0.2) is 19.1 Å². The van der Waals surface area contributed by atoms with Crippen molar-refractivity contribution in [2.75, 3.05) is 17.7 Å². The standard InChI is InChI=1S/C15H14N2O3/c1-20-15(19)17-13-9-7-12(8-10-13)16-14(18)11-5-3-2-4-6-11/h2-10H,1H3,(H,16,18)(H,17,19). The minimum Gasteiger partial charge on any atom is -0.453 e. The van der Waals surface area contributed by atoms with Crippen LogP contribution in [0.3, 0.4) is 0 Å². The maximum Gasteiger partial charge on any atom is 0.411 e. The number of carbonyl (C=O) groups excluding carboxylic acids is 2. The van der Waals surface area contributed by atoms with E-state index in [0.29, 0.717) is 16.9 Å². The van der Waals surface area contributed by atoms with Crippen molar-refractivity contribution in [2.24, 2.45) is 0 Å². The lowest BCUT2D eigenvalue weighted by atomic mass is 10.2. The highest BCUT2D eigenvalue weighted by molar-refractivity contribution is 6.04. The van der Waals surface area contributed by atoms with Crippen molar-refractivity contribution in [1.29, 1.82) is 0 Å². The molecule has 5 nitrogen and oxygen atoms in total. The van der Waals surface area contributed by atoms with Crippen LogP contribution in [0.1, 0.15) is 10.4 Å². The number of hydrogen-bond donors (Lipinski definition) is 2. The zero-order valence-electron chi connectivity index (χ0n) is 10.9. The van der Waals surface area contributed by atoms with E-state index in [1.807, 2.05) is 6.07 Å². The van der Waals surface area contributed by atoms with Crippen LogP contribution >= 0.6 is 0 Å². The molecule has 2 N–H and O–H groups in total. The third-order valence-corrected chi connectivity index (χ3v) is 2.61. The van der Waals surface area contributed by atoms with Crippen molar-refractivity contribution in [3.8, 4) is 0 Å². The molecule has 0 unspecified atom stereocenters. The zero-order valence-corrected chi connectivity index (χ0v) is 10.9. The van der Waals surface area contributed by atoms with Gasteiger partial charge in [-0.05, 0) is 36.4 Å². The van der Waals surface area contributed by atoms with Gasteiger partial charge in [0.05, 0.1) is 7.11 Å². The summed E-state index contributed by atoms with van der Waals surface area (Å²) in [7, 11) is 1.30. The molecule has 20 heavy (non-hydrogen) atoms. The van der Waals surface area contributed by atoms with E-state index in [2.05, 4.69) is 15.4 Å². The van der Waals surface area contributed by atoms with Gasteiger partial charge in [-0.2, -0.15) is 0 Å². The largest absolute Gasteiger partial charge is 0.453 e. The van der Waals surface area contributed by atoms with Crippen molar-refractivity contribution >= 4 is 23.4 Å². The molecule has 0 fully saturated rings. The molecule has 0 heterocycles. The van der Waals surface area contributed by atoms with Crippen LogP contribution in [0.2, 0.25) is 0 Å². The smallest absolute Gasteiger partial charge is 0.411 e. The van der Waals surface area contributed by atoms with E-state index in [1.165, 1.54) is 7.11 Å². The molecule has 2 rings (SSSR count). The molecule has 0 aliphatic heterocycles. The van der Waals surface area contributed by atoms with Gasteiger partial charge in [-0.15, -0.1) is 0 Å². The number of rotatable bonds is 3. The molecule has 0 saturated carbocycles. The van der Waals surface area contributed by atoms with Crippen LogP contribution in [-0.2, 0) is 4.74 Å². The molecule has 0 radical (unpaired) electrons. The van der Waals surface area contributed by atoms with Crippen LogP contribution in [0, 0.1) is 0 Å². The molecule has 0 aromatic heterocycles. The average molecular weight is 270 g/mol. The van der Waals surface area contributed by atoms with Gasteiger partial charge in [-0.3, -0.25) is 10.1 Å². The fraction of sp³-hybridized carbons (Fsp3) is 0.0667. The zero-order chi connectivity index (χ0) is 14.4. The Morgan fingerprint density at radius 1 is 0.850 bits per heavy atom. The average Bonchev–Trinajstić information content (AvgIpc) is 2.50. The number of carbonyl (C=O) groups is 2. The quantitative estimate of drug-likeness (QED) is 0.900. The van der Waals surface area contributed by atoms with Crippen LogP contribution in [0.25, 0.3) is 0 Å². The van der Waals surface area contributed by atoms with Gasteiger partial charge in [0.15, 0.2) is 0 Å². The van der Waals surface area contributed by atoms with Crippen LogP contribution in [0.4, 0.5) is 16.2 Å². The first kappa shape index (κ1) is 13.6. The molecule has 2 aromatic rings. The number of methoxy groups -OCH3 is 1. The Morgan fingerprint density at radius 3 is 1.95 bits per heavy atom. The molecule has 2 aromatic carbocycles. The van der Waals surface area contributed by atoms with Gasteiger partial charge in [-0.1, -0.05) is 18.2 Å². The Hall–Kier alpha value is -2.82. The van der Waals surface area contributed by atoms with E-state index in [4.69, 9.17) is 0 Å². The van der Waals surface area contributed by atoms with Gasteiger partial charge in [0, 0.05) is 16.9 Å². The number of benzene rings is 2. The summed E-state index contributed by atoms with van der Waals surface area (Å²) in [6, 6.07) is 15.7. The first-order valence-electron chi connectivity index (χ1n) is 6.00. The molecule has 0 spiro atoms. The van der Waals surface area contributed by atoms with E-state index in [9.17, 15) is 9.59 Å². The molecular formula is C15H14N2O3. The van der Waals surface area contributed by atoms with E-state index in [0.717, 1.165) is 0 Å². The Balaban J connectivity index is 2.00. The van der Waals surface area contributed by atoms with E-state index >= 15 is 0 Å². The van der Waals surface area contributed by atoms with Crippen LogP contribution < -0.4 is 10.6 Å². The Morgan fingerprint density at radius 2 is 1.40 bits per heavy atom. The molecular weight excluding hydrogens is 256 g/mol. The maximum atomic E-state index is 11.9. The van der Waals surface area contributed by atoms with Crippen molar-refractivity contribution in [3.63, 3.8) is 0 Å². The van der Waals surface area contributed by atoms with E-state index < -0.39 is 6.09 Å². The summed E-state index contributed by atoms with van der Waals surface area (Å²) in [4.78, 5) is 22.9. The van der Waals surface area contributed by atoms with Crippen molar-refractivity contribution in [1.82, 2.24) is 0 Å². The fourth-order valence-electron chi connectivity index (χ4n) is 1.60. The van der Waals surface area contributed by atoms with Gasteiger partial charge in [0.1, 0.15) is 0 Å². The Kier molecular flexibility index (Phi) is 4.34. The molecule has 0 atom stereocenters. The second kappa shape index (κ2) is 6.38. The van der Waals surface area contributed by atoms with Gasteiger partial charge < -0.3 is 10.1 Å². The second-order valence-corrected chi connectivity index (χ2v) is 4.01. The highest BCUT2D eigenvalue weighted by Gasteiger charge is 2.05. The van der Waals surface area contributed by atoms with Gasteiger partial charge in [0.2, 0.25) is 0 Å². The third kappa shape index (κ3) is 3.58. The fourth-order valence-corrected chi connectivity index (χ4v) is 1.60. The van der Waals surface area contributed by atoms with Gasteiger partial charge in [0.25, 0.3) is 5.91 Å². The molecule has 2 amide bonds. The SMILES string of the molecule is COC(=O)Nc1ccc(NC(=O)c2ccccc2)cc1. The summed E-state index contributed by atoms with van der Waals surface area (Å²) in [6.07, 6.45) is -0.536. The van der Waals surface area contributed by atoms with Gasteiger partial charge in [-0.25, -0.2) is 4.79 Å². The van der Waals surface area contributed by atoms with Crippen LogP contribution in [0.15, 0.2) is 54.6 Å². The van der Waals surface area contributed by atoms with E-state index in [1.54, 1.807) is 48.5 Å². The summed E-state index contributed by atoms with van der Waals surface area (Å²) < 4.78 is 4.49. The topological polar surface area (TPSA) is 67.4 Å². The molecule has 102 valence electrons. The van der Waals surface area contributed by atoms with Gasteiger partial charge >= 0.3 is 6.09 Å². The molecule has 0 saturated heterocycles. The monoisotopic (exact) mass is 270 g/mol. The lowest BCUT2D eigenvalue weighted by Gasteiger charge is -2.07. The van der Waals surface area contributed by atoms with Crippen LogP contribution in [0.5, 0.6) is 0 Å². The first-order chi connectivity index (χ1) is 9.69. The molecule has 0 aliphatic carbocycles. The summed E-state index contributed by atoms with van der Waals surface area (Å²) in [5, 5.41) is 5.30. The maximum absolute atomic E-state index is 11.9. The lowest BCUT2D eigenvalue weighted by Crippen LogP contribution is -2.12. The van der Waals surface area contributed by atoms with Crippen molar-refractivity contribution in [2.45, 2.75) is 0 Å². The number of hydrogen-bond acceptors (Lipinski definition) is 3. The van der Waals surface area contributed by atoms with E-state index in [-0.39, 0.29) is 5.91 Å². The lowest BCUT2D eigenvalue weighted by molar-refractivity contribution is 0.102. The number of ether oxygens (including phenoxy) is 1. The summed E-state index contributed by atoms with van der Waals surface area (Å²) in [6.45, 7) is 0. The summed E-state index contributed by atoms with van der Waals surface area (Å²) >= 11 is 0. The molecule has 5 heteroatoms. The summed E-state index contributed by atoms with van der Waals surface area (Å²) in [5.41, 5.74) is 1.83. The number of amides is 2. The molecule has 0 aliphatic rings.